The molecule has 1 heterocycles. The van der Waals surface area contributed by atoms with Gasteiger partial charge in [-0.05, 0) is 45.3 Å². The fraction of sp³-hybridized carbons (Fsp3) is 0.571. The molecule has 1 aliphatic heterocycles. The highest BCUT2D eigenvalue weighted by atomic mass is 32.2. The number of nitrogens with zero attached hydrogens (tertiary/aromatic N) is 1. The summed E-state index contributed by atoms with van der Waals surface area (Å²) in [4.78, 5) is 0. The molecule has 2 rings (SSSR count). The normalized spacial score (nSPS) is 20.1. The van der Waals surface area contributed by atoms with Crippen molar-refractivity contribution in [2.45, 2.75) is 38.9 Å². The lowest BCUT2D eigenvalue weighted by molar-refractivity contribution is 0.00578. The highest BCUT2D eigenvalue weighted by Crippen LogP contribution is 2.36. The Bertz CT molecular complexity index is 691. The van der Waals surface area contributed by atoms with Gasteiger partial charge in [0.15, 0.2) is 0 Å². The maximum atomic E-state index is 14.2. The molecule has 23 heavy (non-hydrogen) atoms. The second-order valence-corrected chi connectivity index (χ2v) is 8.60. The minimum absolute atomic E-state index is 0.126. The van der Waals surface area contributed by atoms with E-state index in [0.717, 1.165) is 4.31 Å². The van der Waals surface area contributed by atoms with Crippen LogP contribution in [0.25, 0.3) is 0 Å². The fourth-order valence-corrected chi connectivity index (χ4v) is 2.60. The number of nitrogens with one attached hydrogen (secondary N) is 1. The maximum absolute atomic E-state index is 14.2. The number of hydrogen-bond acceptors (Lipinski definition) is 4. The van der Waals surface area contributed by atoms with Crippen LogP contribution in [0.2, 0.25) is 0 Å². The molecule has 6 nitrogen and oxygen atoms in total. The first-order valence-corrected chi connectivity index (χ1v) is 8.65. The van der Waals surface area contributed by atoms with Gasteiger partial charge >= 0.3 is 17.3 Å². The molecule has 1 saturated heterocycles. The van der Waals surface area contributed by atoms with E-state index in [1.807, 2.05) is 27.7 Å². The van der Waals surface area contributed by atoms with Gasteiger partial charge in [-0.1, -0.05) is 6.07 Å². The van der Waals surface area contributed by atoms with Crippen molar-refractivity contribution < 1.29 is 22.1 Å². The number of benzene rings is 1. The van der Waals surface area contributed by atoms with Gasteiger partial charge in [0.1, 0.15) is 5.82 Å². The van der Waals surface area contributed by atoms with Gasteiger partial charge in [-0.2, -0.15) is 12.7 Å². The van der Waals surface area contributed by atoms with Gasteiger partial charge < -0.3 is 9.31 Å². The minimum atomic E-state index is -3.76. The molecule has 0 radical (unpaired) electrons. The van der Waals surface area contributed by atoms with Gasteiger partial charge in [0.25, 0.3) is 0 Å². The summed E-state index contributed by atoms with van der Waals surface area (Å²) in [6.45, 7) is 7.62. The van der Waals surface area contributed by atoms with Crippen molar-refractivity contribution >= 4 is 28.5 Å². The standard InChI is InChI=1S/C14H22BFN2O4S/c1-13(2)14(3,4)22-15(21-13)10-7-8-12(11(16)9-10)17-23(19,20)18(5)6/h7-9,17H,1-6H3. The largest absolute Gasteiger partial charge is 0.494 e. The summed E-state index contributed by atoms with van der Waals surface area (Å²) >= 11 is 0. The number of rotatable bonds is 4. The first-order valence-electron chi connectivity index (χ1n) is 7.21. The van der Waals surface area contributed by atoms with Crippen molar-refractivity contribution in [3.8, 4) is 0 Å². The van der Waals surface area contributed by atoms with E-state index >= 15 is 0 Å². The van der Waals surface area contributed by atoms with Crippen molar-refractivity contribution in [3.63, 3.8) is 0 Å². The van der Waals surface area contributed by atoms with Gasteiger partial charge in [0.05, 0.1) is 16.9 Å². The van der Waals surface area contributed by atoms with Crippen LogP contribution in [0.1, 0.15) is 27.7 Å². The average molecular weight is 344 g/mol. The molecule has 0 aromatic heterocycles. The summed E-state index contributed by atoms with van der Waals surface area (Å²) in [5.74, 6) is -0.692. The number of halogens is 1. The lowest BCUT2D eigenvalue weighted by Crippen LogP contribution is -2.41. The van der Waals surface area contributed by atoms with Gasteiger partial charge in [0, 0.05) is 14.1 Å². The molecule has 1 N–H and O–H groups in total. The lowest BCUT2D eigenvalue weighted by atomic mass is 9.79. The molecule has 128 valence electrons. The Hall–Kier alpha value is -1.16. The lowest BCUT2D eigenvalue weighted by Gasteiger charge is -2.32. The van der Waals surface area contributed by atoms with Crippen molar-refractivity contribution in [2.24, 2.45) is 0 Å². The molecule has 1 fully saturated rings. The van der Waals surface area contributed by atoms with E-state index in [9.17, 15) is 12.8 Å². The molecule has 9 heteroatoms. The molecule has 1 aromatic rings. The van der Waals surface area contributed by atoms with Crippen molar-refractivity contribution in [1.82, 2.24) is 4.31 Å². The zero-order valence-corrected chi connectivity index (χ0v) is 15.0. The summed E-state index contributed by atoms with van der Waals surface area (Å²) < 4.78 is 52.6. The van der Waals surface area contributed by atoms with Crippen molar-refractivity contribution in [1.29, 1.82) is 0 Å². The molecule has 0 atom stereocenters. The third-order valence-electron chi connectivity index (χ3n) is 4.24. The van der Waals surface area contributed by atoms with Crippen LogP contribution in [0.15, 0.2) is 18.2 Å². The average Bonchev–Trinajstić information content (AvgIpc) is 2.60. The molecule has 0 unspecified atom stereocenters. The van der Waals surface area contributed by atoms with Crippen LogP contribution in [0.5, 0.6) is 0 Å². The van der Waals surface area contributed by atoms with Gasteiger partial charge in [-0.15, -0.1) is 0 Å². The third-order valence-corrected chi connectivity index (χ3v) is 5.68. The maximum Gasteiger partial charge on any atom is 0.494 e. The Morgan fingerprint density at radius 2 is 1.65 bits per heavy atom. The Morgan fingerprint density at radius 3 is 2.09 bits per heavy atom. The fourth-order valence-electron chi connectivity index (χ4n) is 1.97. The Labute approximate surface area is 137 Å². The van der Waals surface area contributed by atoms with Crippen LogP contribution < -0.4 is 10.2 Å². The van der Waals surface area contributed by atoms with Gasteiger partial charge in [-0.3, -0.25) is 4.72 Å². The van der Waals surface area contributed by atoms with Crippen LogP contribution >= 0.6 is 0 Å². The molecule has 1 aromatic carbocycles. The van der Waals surface area contributed by atoms with Crippen LogP contribution in [0.4, 0.5) is 10.1 Å². The third kappa shape index (κ3) is 3.52. The Kier molecular flexibility index (Phi) is 4.53. The van der Waals surface area contributed by atoms with E-state index < -0.39 is 34.3 Å². The second-order valence-electron chi connectivity index (χ2n) is 6.72. The molecular weight excluding hydrogens is 322 g/mol. The van der Waals surface area contributed by atoms with Crippen molar-refractivity contribution in [3.05, 3.63) is 24.0 Å². The molecular formula is C14H22BFN2O4S. The number of anilines is 1. The highest BCUT2D eigenvalue weighted by molar-refractivity contribution is 7.90. The molecule has 0 bridgehead atoms. The van der Waals surface area contributed by atoms with Crippen molar-refractivity contribution in [2.75, 3.05) is 18.8 Å². The molecule has 0 amide bonds. The zero-order chi connectivity index (χ0) is 17.6. The summed E-state index contributed by atoms with van der Waals surface area (Å²) in [6.07, 6.45) is 0. The van der Waals surface area contributed by atoms with Crippen LogP contribution in [0.3, 0.4) is 0 Å². The summed E-state index contributed by atoms with van der Waals surface area (Å²) in [7, 11) is -1.74. The minimum Gasteiger partial charge on any atom is -0.399 e. The summed E-state index contributed by atoms with van der Waals surface area (Å²) in [5.41, 5.74) is -0.688. The van der Waals surface area contributed by atoms with Gasteiger partial charge in [-0.25, -0.2) is 4.39 Å². The predicted octanol–water partition coefficient (Wildman–Crippen LogP) is 1.34. The summed E-state index contributed by atoms with van der Waals surface area (Å²) in [6, 6.07) is 4.16. The quantitative estimate of drug-likeness (QED) is 0.837. The monoisotopic (exact) mass is 344 g/mol. The molecule has 0 spiro atoms. The van der Waals surface area contributed by atoms with Gasteiger partial charge in [0.2, 0.25) is 0 Å². The Balaban J connectivity index is 2.25. The second kappa shape index (κ2) is 5.73. The van der Waals surface area contributed by atoms with E-state index in [1.165, 1.54) is 26.2 Å². The van der Waals surface area contributed by atoms with E-state index in [0.29, 0.717) is 5.46 Å². The van der Waals surface area contributed by atoms with Crippen LogP contribution in [-0.4, -0.2) is 45.1 Å². The Morgan fingerprint density at radius 1 is 1.13 bits per heavy atom. The molecule has 1 aliphatic rings. The van der Waals surface area contributed by atoms with E-state index in [4.69, 9.17) is 9.31 Å². The van der Waals surface area contributed by atoms with Crippen LogP contribution in [-0.2, 0) is 19.5 Å². The predicted molar refractivity (Wildman–Crippen MR) is 88.3 cm³/mol. The first kappa shape index (κ1) is 18.2. The number of hydrogen-bond donors (Lipinski definition) is 1. The topological polar surface area (TPSA) is 67.9 Å². The first-order chi connectivity index (χ1) is 10.4. The highest BCUT2D eigenvalue weighted by Gasteiger charge is 2.51. The zero-order valence-electron chi connectivity index (χ0n) is 14.2. The SMILES string of the molecule is CN(C)S(=O)(=O)Nc1ccc(B2OC(C)(C)C(C)(C)O2)cc1F. The summed E-state index contributed by atoms with van der Waals surface area (Å²) in [5, 5.41) is 0. The van der Waals surface area contributed by atoms with E-state index in [2.05, 4.69) is 4.72 Å². The van der Waals surface area contributed by atoms with Crippen LogP contribution in [0, 0.1) is 5.82 Å². The molecule has 0 saturated carbocycles. The molecule has 0 aliphatic carbocycles. The van der Waals surface area contributed by atoms with E-state index in [1.54, 1.807) is 6.07 Å². The van der Waals surface area contributed by atoms with E-state index in [-0.39, 0.29) is 5.69 Å². The smallest absolute Gasteiger partial charge is 0.399 e.